The van der Waals surface area contributed by atoms with Crippen LogP contribution in [0.4, 0.5) is 20.9 Å². The van der Waals surface area contributed by atoms with Gasteiger partial charge in [0.1, 0.15) is 5.82 Å². The summed E-state index contributed by atoms with van der Waals surface area (Å²) in [6.07, 6.45) is 0. The molecule has 0 bridgehead atoms. The lowest BCUT2D eigenvalue weighted by atomic mass is 10.1. The van der Waals surface area contributed by atoms with E-state index in [4.69, 9.17) is 0 Å². The van der Waals surface area contributed by atoms with Crippen molar-refractivity contribution < 1.29 is 9.18 Å². The van der Waals surface area contributed by atoms with Gasteiger partial charge >= 0.3 is 0 Å². The summed E-state index contributed by atoms with van der Waals surface area (Å²) in [7, 11) is 0. The van der Waals surface area contributed by atoms with Gasteiger partial charge in [-0.15, -0.1) is 11.3 Å². The lowest BCUT2D eigenvalue weighted by molar-refractivity contribution is 0.102. The van der Waals surface area contributed by atoms with Crippen molar-refractivity contribution in [3.8, 4) is 11.3 Å². The highest BCUT2D eigenvalue weighted by molar-refractivity contribution is 9.10. The number of hydrogen-bond donors (Lipinski definition) is 2. The van der Waals surface area contributed by atoms with Crippen molar-refractivity contribution in [1.82, 2.24) is 4.98 Å². The van der Waals surface area contributed by atoms with Gasteiger partial charge < -0.3 is 10.6 Å². The second kappa shape index (κ2) is 8.55. The fourth-order valence-electron chi connectivity index (χ4n) is 2.65. The first kappa shape index (κ1) is 19.3. The Bertz CT molecular complexity index is 1130. The van der Waals surface area contributed by atoms with Gasteiger partial charge in [-0.2, -0.15) is 0 Å². The molecule has 3 aromatic carbocycles. The van der Waals surface area contributed by atoms with E-state index in [-0.39, 0.29) is 11.7 Å². The van der Waals surface area contributed by atoms with Crippen LogP contribution in [0.3, 0.4) is 0 Å². The normalized spacial score (nSPS) is 10.6. The van der Waals surface area contributed by atoms with Crippen LogP contribution < -0.4 is 10.6 Å². The number of thiazole rings is 1. The van der Waals surface area contributed by atoms with Crippen molar-refractivity contribution in [2.75, 3.05) is 10.6 Å². The molecule has 0 fully saturated rings. The van der Waals surface area contributed by atoms with Crippen LogP contribution in [0, 0.1) is 5.82 Å². The fourth-order valence-corrected chi connectivity index (χ4v) is 3.65. The Morgan fingerprint density at radius 3 is 2.24 bits per heavy atom. The summed E-state index contributed by atoms with van der Waals surface area (Å²) in [4.78, 5) is 16.9. The first-order valence-electron chi connectivity index (χ1n) is 8.72. The smallest absolute Gasteiger partial charge is 0.255 e. The van der Waals surface area contributed by atoms with Gasteiger partial charge in [-0.25, -0.2) is 9.37 Å². The maximum atomic E-state index is 13.0. The maximum Gasteiger partial charge on any atom is 0.255 e. The minimum atomic E-state index is -0.275. The van der Waals surface area contributed by atoms with E-state index in [1.807, 2.05) is 41.8 Å². The van der Waals surface area contributed by atoms with Crippen molar-refractivity contribution in [3.63, 3.8) is 0 Å². The highest BCUT2D eigenvalue weighted by atomic mass is 79.9. The average molecular weight is 468 g/mol. The second-order valence-electron chi connectivity index (χ2n) is 6.21. The van der Waals surface area contributed by atoms with Gasteiger partial charge in [0, 0.05) is 32.4 Å². The van der Waals surface area contributed by atoms with E-state index in [1.54, 1.807) is 24.3 Å². The van der Waals surface area contributed by atoms with Crippen molar-refractivity contribution in [2.45, 2.75) is 0 Å². The maximum absolute atomic E-state index is 13.0. The average Bonchev–Trinajstić information content (AvgIpc) is 3.19. The molecule has 4 aromatic rings. The van der Waals surface area contributed by atoms with E-state index < -0.39 is 0 Å². The largest absolute Gasteiger partial charge is 0.332 e. The van der Waals surface area contributed by atoms with Crippen molar-refractivity contribution in [1.29, 1.82) is 0 Å². The summed E-state index contributed by atoms with van der Waals surface area (Å²) < 4.78 is 13.9. The Morgan fingerprint density at radius 2 is 1.55 bits per heavy atom. The summed E-state index contributed by atoms with van der Waals surface area (Å²) in [6, 6.07) is 20.8. The fraction of sp³-hybridized carbons (Fsp3) is 0. The highest BCUT2D eigenvalue weighted by Crippen LogP contribution is 2.28. The number of halogens is 2. The molecule has 1 heterocycles. The van der Waals surface area contributed by atoms with E-state index in [0.29, 0.717) is 11.3 Å². The Labute approximate surface area is 179 Å². The van der Waals surface area contributed by atoms with Crippen molar-refractivity contribution >= 4 is 49.7 Å². The van der Waals surface area contributed by atoms with E-state index >= 15 is 0 Å². The zero-order chi connectivity index (χ0) is 20.2. The molecule has 0 aliphatic heterocycles. The Kier molecular flexibility index (Phi) is 5.69. The van der Waals surface area contributed by atoms with Gasteiger partial charge in [0.05, 0.1) is 5.69 Å². The van der Waals surface area contributed by atoms with Crippen molar-refractivity contribution in [2.24, 2.45) is 0 Å². The standard InChI is InChI=1S/C22H15BrFN3OS/c23-16-5-1-15(2-6-16)21(28)25-18-9-3-14(4-10-18)20-13-29-22(27-20)26-19-11-7-17(24)8-12-19/h1-13H,(H,25,28)(H,26,27). The number of carbonyl (C=O) groups excluding carboxylic acids is 1. The summed E-state index contributed by atoms with van der Waals surface area (Å²) in [5.74, 6) is -0.438. The third-order valence-electron chi connectivity index (χ3n) is 4.14. The Hall–Kier alpha value is -3.03. The monoisotopic (exact) mass is 467 g/mol. The highest BCUT2D eigenvalue weighted by Gasteiger charge is 2.08. The van der Waals surface area contributed by atoms with Gasteiger partial charge in [-0.1, -0.05) is 28.1 Å². The molecule has 7 heteroatoms. The van der Waals surface area contributed by atoms with Crippen LogP contribution >= 0.6 is 27.3 Å². The van der Waals surface area contributed by atoms with Crippen LogP contribution in [0.1, 0.15) is 10.4 Å². The SMILES string of the molecule is O=C(Nc1ccc(-c2csc(Nc3ccc(F)cc3)n2)cc1)c1ccc(Br)cc1. The first-order chi connectivity index (χ1) is 14.1. The zero-order valence-electron chi connectivity index (χ0n) is 15.0. The number of benzene rings is 3. The van der Waals surface area contributed by atoms with E-state index in [2.05, 4.69) is 31.5 Å². The van der Waals surface area contributed by atoms with E-state index in [0.717, 1.165) is 26.5 Å². The van der Waals surface area contributed by atoms with Crippen LogP contribution in [0.2, 0.25) is 0 Å². The molecule has 1 amide bonds. The van der Waals surface area contributed by atoms with Gasteiger partial charge in [0.2, 0.25) is 0 Å². The predicted octanol–water partition coefficient (Wildman–Crippen LogP) is 6.71. The Morgan fingerprint density at radius 1 is 0.897 bits per heavy atom. The van der Waals surface area contributed by atoms with Crippen molar-refractivity contribution in [3.05, 3.63) is 94.0 Å². The number of aromatic nitrogens is 1. The van der Waals surface area contributed by atoms with Gasteiger partial charge in [-0.05, 0) is 60.7 Å². The van der Waals surface area contributed by atoms with Gasteiger partial charge in [0.15, 0.2) is 5.13 Å². The molecule has 4 rings (SSSR count). The molecule has 0 atom stereocenters. The van der Waals surface area contributed by atoms with Crippen LogP contribution in [-0.4, -0.2) is 10.9 Å². The second-order valence-corrected chi connectivity index (χ2v) is 7.98. The molecule has 0 aliphatic carbocycles. The van der Waals surface area contributed by atoms with E-state index in [9.17, 15) is 9.18 Å². The number of nitrogens with zero attached hydrogens (tertiary/aromatic N) is 1. The number of carbonyl (C=O) groups is 1. The minimum absolute atomic E-state index is 0.162. The third kappa shape index (κ3) is 4.88. The molecule has 0 spiro atoms. The van der Waals surface area contributed by atoms with Gasteiger partial charge in [-0.3, -0.25) is 4.79 Å². The van der Waals surface area contributed by atoms with Crippen LogP contribution in [0.5, 0.6) is 0 Å². The molecule has 0 unspecified atom stereocenters. The molecule has 29 heavy (non-hydrogen) atoms. The molecule has 2 N–H and O–H groups in total. The summed E-state index contributed by atoms with van der Waals surface area (Å²) in [5.41, 5.74) is 3.84. The summed E-state index contributed by atoms with van der Waals surface area (Å²) in [6.45, 7) is 0. The van der Waals surface area contributed by atoms with E-state index in [1.165, 1.54) is 23.5 Å². The number of hydrogen-bond acceptors (Lipinski definition) is 4. The zero-order valence-corrected chi connectivity index (χ0v) is 17.4. The molecule has 144 valence electrons. The number of nitrogens with one attached hydrogen (secondary N) is 2. The molecule has 0 radical (unpaired) electrons. The number of rotatable bonds is 5. The molecular weight excluding hydrogens is 453 g/mol. The van der Waals surface area contributed by atoms with Crippen LogP contribution in [0.25, 0.3) is 11.3 Å². The quantitative estimate of drug-likeness (QED) is 0.343. The van der Waals surface area contributed by atoms with Gasteiger partial charge in [0.25, 0.3) is 5.91 Å². The topological polar surface area (TPSA) is 54.0 Å². The summed E-state index contributed by atoms with van der Waals surface area (Å²) >= 11 is 4.83. The molecule has 0 saturated carbocycles. The molecule has 1 aromatic heterocycles. The number of anilines is 3. The number of amides is 1. The predicted molar refractivity (Wildman–Crippen MR) is 119 cm³/mol. The lowest BCUT2D eigenvalue weighted by Crippen LogP contribution is -2.11. The molecular formula is C22H15BrFN3OS. The lowest BCUT2D eigenvalue weighted by Gasteiger charge is -2.06. The molecule has 4 nitrogen and oxygen atoms in total. The van der Waals surface area contributed by atoms with Crippen LogP contribution in [0.15, 0.2) is 82.6 Å². The molecule has 0 saturated heterocycles. The Balaban J connectivity index is 1.42. The summed E-state index contributed by atoms with van der Waals surface area (Å²) in [5, 5.41) is 8.71. The molecule has 0 aliphatic rings. The van der Waals surface area contributed by atoms with Crippen LogP contribution in [-0.2, 0) is 0 Å². The first-order valence-corrected chi connectivity index (χ1v) is 10.4. The third-order valence-corrected chi connectivity index (χ3v) is 5.43. The minimum Gasteiger partial charge on any atom is -0.332 e.